The van der Waals surface area contributed by atoms with Crippen molar-refractivity contribution >= 4 is 28.1 Å². The molecule has 1 aromatic heterocycles. The number of thiazole rings is 1. The molecule has 0 unspecified atom stereocenters. The topological polar surface area (TPSA) is 45.2 Å². The van der Waals surface area contributed by atoms with Crippen LogP contribution in [0, 0.1) is 6.92 Å². The van der Waals surface area contributed by atoms with Gasteiger partial charge in [0.05, 0.1) is 5.69 Å². The highest BCUT2D eigenvalue weighted by Gasteiger charge is 2.16. The summed E-state index contributed by atoms with van der Waals surface area (Å²) in [5, 5.41) is 3.94. The number of amides is 1. The molecule has 0 aliphatic heterocycles. The van der Waals surface area contributed by atoms with Crippen molar-refractivity contribution in [1.29, 1.82) is 0 Å². The second-order valence-corrected chi connectivity index (χ2v) is 5.12. The fraction of sp³-hybridized carbons (Fsp3) is 0.231. The van der Waals surface area contributed by atoms with Crippen molar-refractivity contribution in [3.8, 4) is 0 Å². The first-order chi connectivity index (χ1) is 8.58. The Bertz CT molecular complexity index is 549. The fourth-order valence-corrected chi connectivity index (χ4v) is 2.50. The van der Waals surface area contributed by atoms with Crippen LogP contribution in [0.25, 0.3) is 0 Å². The first kappa shape index (κ1) is 12.6. The largest absolute Gasteiger partial charge is 0.344 e. The van der Waals surface area contributed by atoms with Gasteiger partial charge in [-0.3, -0.25) is 4.79 Å². The highest BCUT2D eigenvalue weighted by atomic mass is 32.1. The molecule has 0 aliphatic carbocycles. The number of nitrogens with one attached hydrogen (secondary N) is 1. The van der Waals surface area contributed by atoms with Crippen LogP contribution >= 0.6 is 11.3 Å². The Morgan fingerprint density at radius 1 is 1.28 bits per heavy atom. The summed E-state index contributed by atoms with van der Waals surface area (Å²) in [4.78, 5) is 18.5. The van der Waals surface area contributed by atoms with Crippen molar-refractivity contribution in [2.24, 2.45) is 0 Å². The second-order valence-electron chi connectivity index (χ2n) is 4.12. The van der Waals surface area contributed by atoms with Crippen LogP contribution in [0.15, 0.2) is 30.3 Å². The highest BCUT2D eigenvalue weighted by Crippen LogP contribution is 2.26. The van der Waals surface area contributed by atoms with Gasteiger partial charge in [0.15, 0.2) is 5.13 Å². The van der Waals surface area contributed by atoms with Crippen LogP contribution in [0.1, 0.15) is 15.4 Å². The van der Waals surface area contributed by atoms with Crippen LogP contribution in [0.2, 0.25) is 0 Å². The Balaban J connectivity index is 2.22. The van der Waals surface area contributed by atoms with Gasteiger partial charge in [-0.05, 0) is 19.1 Å². The van der Waals surface area contributed by atoms with Gasteiger partial charge < -0.3 is 10.2 Å². The van der Waals surface area contributed by atoms with E-state index in [2.05, 4.69) is 10.3 Å². The molecule has 0 saturated carbocycles. The zero-order valence-corrected chi connectivity index (χ0v) is 11.4. The van der Waals surface area contributed by atoms with E-state index >= 15 is 0 Å². The molecule has 0 bridgehead atoms. The number of carbonyl (C=O) groups is 1. The van der Waals surface area contributed by atoms with Crippen LogP contribution < -0.4 is 5.32 Å². The van der Waals surface area contributed by atoms with E-state index < -0.39 is 0 Å². The lowest BCUT2D eigenvalue weighted by Gasteiger charge is -2.07. The molecule has 2 aromatic rings. The van der Waals surface area contributed by atoms with E-state index in [1.807, 2.05) is 37.3 Å². The fourth-order valence-electron chi connectivity index (χ4n) is 1.50. The van der Waals surface area contributed by atoms with Crippen LogP contribution in [-0.2, 0) is 0 Å². The Labute approximate surface area is 110 Å². The summed E-state index contributed by atoms with van der Waals surface area (Å²) in [5.74, 6) is -0.00823. The molecule has 5 heteroatoms. The van der Waals surface area contributed by atoms with E-state index in [1.165, 1.54) is 11.3 Å². The number of hydrogen-bond acceptors (Lipinski definition) is 4. The lowest BCUT2D eigenvalue weighted by atomic mass is 10.3. The van der Waals surface area contributed by atoms with E-state index in [4.69, 9.17) is 0 Å². The molecule has 1 N–H and O–H groups in total. The van der Waals surface area contributed by atoms with Crippen molar-refractivity contribution in [3.63, 3.8) is 0 Å². The van der Waals surface area contributed by atoms with E-state index in [1.54, 1.807) is 19.0 Å². The van der Waals surface area contributed by atoms with E-state index in [0.29, 0.717) is 4.88 Å². The standard InChI is InChI=1S/C13H15N3OS/c1-9-11(12(17)16(2)3)18-13(14-9)15-10-7-5-4-6-8-10/h4-8H,1-3H3,(H,14,15). The minimum Gasteiger partial charge on any atom is -0.344 e. The first-order valence-corrected chi connectivity index (χ1v) is 6.40. The number of para-hydroxylation sites is 1. The maximum absolute atomic E-state index is 11.9. The lowest BCUT2D eigenvalue weighted by molar-refractivity contribution is 0.0831. The van der Waals surface area contributed by atoms with Gasteiger partial charge in [-0.15, -0.1) is 0 Å². The highest BCUT2D eigenvalue weighted by molar-refractivity contribution is 7.17. The first-order valence-electron chi connectivity index (χ1n) is 5.59. The maximum Gasteiger partial charge on any atom is 0.265 e. The second kappa shape index (κ2) is 5.18. The normalized spacial score (nSPS) is 10.2. The molecule has 0 radical (unpaired) electrons. The van der Waals surface area contributed by atoms with E-state index in [0.717, 1.165) is 16.5 Å². The average Bonchev–Trinajstić information content (AvgIpc) is 2.70. The molecule has 0 saturated heterocycles. The molecule has 1 heterocycles. The zero-order chi connectivity index (χ0) is 13.1. The summed E-state index contributed by atoms with van der Waals surface area (Å²) in [7, 11) is 3.48. The molecule has 0 fully saturated rings. The van der Waals surface area contributed by atoms with Gasteiger partial charge >= 0.3 is 0 Å². The number of rotatable bonds is 3. The SMILES string of the molecule is Cc1nc(Nc2ccccc2)sc1C(=O)N(C)C. The average molecular weight is 261 g/mol. The van der Waals surface area contributed by atoms with Gasteiger partial charge in [0.25, 0.3) is 5.91 Å². The number of nitrogens with zero attached hydrogens (tertiary/aromatic N) is 2. The minimum atomic E-state index is -0.00823. The molecule has 4 nitrogen and oxygen atoms in total. The number of hydrogen-bond donors (Lipinski definition) is 1. The van der Waals surface area contributed by atoms with Gasteiger partial charge in [0.1, 0.15) is 4.88 Å². The Morgan fingerprint density at radius 2 is 1.94 bits per heavy atom. The summed E-state index contributed by atoms with van der Waals surface area (Å²) in [5.41, 5.74) is 1.73. The van der Waals surface area contributed by atoms with Gasteiger partial charge in [0, 0.05) is 19.8 Å². The predicted octanol–water partition coefficient (Wildman–Crippen LogP) is 2.90. The van der Waals surface area contributed by atoms with E-state index in [-0.39, 0.29) is 5.91 Å². The zero-order valence-electron chi connectivity index (χ0n) is 10.6. The molecule has 0 atom stereocenters. The number of carbonyl (C=O) groups excluding carboxylic acids is 1. The lowest BCUT2D eigenvalue weighted by Crippen LogP contribution is -2.21. The van der Waals surface area contributed by atoms with Crippen molar-refractivity contribution in [2.45, 2.75) is 6.92 Å². The van der Waals surface area contributed by atoms with Crippen molar-refractivity contribution in [1.82, 2.24) is 9.88 Å². The minimum absolute atomic E-state index is 0.00823. The van der Waals surface area contributed by atoms with Crippen LogP contribution in [0.5, 0.6) is 0 Å². The van der Waals surface area contributed by atoms with Crippen LogP contribution in [0.3, 0.4) is 0 Å². The number of benzene rings is 1. The molecule has 94 valence electrons. The Kier molecular flexibility index (Phi) is 3.62. The predicted molar refractivity (Wildman–Crippen MR) is 74.6 cm³/mol. The monoisotopic (exact) mass is 261 g/mol. The third kappa shape index (κ3) is 2.68. The van der Waals surface area contributed by atoms with E-state index in [9.17, 15) is 4.79 Å². The van der Waals surface area contributed by atoms with Crippen molar-refractivity contribution < 1.29 is 4.79 Å². The third-order valence-electron chi connectivity index (χ3n) is 2.42. The van der Waals surface area contributed by atoms with Gasteiger partial charge in [0.2, 0.25) is 0 Å². The molecule has 2 rings (SSSR count). The summed E-state index contributed by atoms with van der Waals surface area (Å²) in [6.45, 7) is 1.85. The molecular formula is C13H15N3OS. The number of aryl methyl sites for hydroxylation is 1. The molecule has 0 aliphatic rings. The van der Waals surface area contributed by atoms with Gasteiger partial charge in [-0.1, -0.05) is 29.5 Å². The van der Waals surface area contributed by atoms with Crippen molar-refractivity contribution in [3.05, 3.63) is 40.9 Å². The third-order valence-corrected chi connectivity index (χ3v) is 3.48. The molecule has 1 aromatic carbocycles. The maximum atomic E-state index is 11.9. The molecule has 18 heavy (non-hydrogen) atoms. The van der Waals surface area contributed by atoms with Crippen LogP contribution in [-0.4, -0.2) is 29.9 Å². The Morgan fingerprint density at radius 3 is 2.56 bits per heavy atom. The Hall–Kier alpha value is -1.88. The summed E-state index contributed by atoms with van der Waals surface area (Å²) in [6, 6.07) is 9.79. The summed E-state index contributed by atoms with van der Waals surface area (Å²) in [6.07, 6.45) is 0. The number of aromatic nitrogens is 1. The quantitative estimate of drug-likeness (QED) is 0.924. The smallest absolute Gasteiger partial charge is 0.265 e. The summed E-state index contributed by atoms with van der Waals surface area (Å²) < 4.78 is 0. The molecule has 1 amide bonds. The molecular weight excluding hydrogens is 246 g/mol. The van der Waals surface area contributed by atoms with Gasteiger partial charge in [-0.2, -0.15) is 0 Å². The number of anilines is 2. The molecule has 0 spiro atoms. The van der Waals surface area contributed by atoms with Crippen LogP contribution in [0.4, 0.5) is 10.8 Å². The summed E-state index contributed by atoms with van der Waals surface area (Å²) >= 11 is 1.38. The van der Waals surface area contributed by atoms with Gasteiger partial charge in [-0.25, -0.2) is 4.98 Å². The van der Waals surface area contributed by atoms with Crippen molar-refractivity contribution in [2.75, 3.05) is 19.4 Å².